The van der Waals surface area contributed by atoms with Gasteiger partial charge in [0.15, 0.2) is 11.7 Å². The Morgan fingerprint density at radius 3 is 2.83 bits per heavy atom. The van der Waals surface area contributed by atoms with E-state index in [2.05, 4.69) is 25.6 Å². The van der Waals surface area contributed by atoms with Gasteiger partial charge in [-0.25, -0.2) is 4.39 Å². The van der Waals surface area contributed by atoms with Crippen molar-refractivity contribution in [2.45, 2.75) is 31.6 Å². The minimum atomic E-state index is -4.51. The highest BCUT2D eigenvalue weighted by Gasteiger charge is 2.36. The fraction of sp³-hybridized carbons (Fsp3) is 0.474. The molecule has 0 spiro atoms. The number of anilines is 1. The normalized spacial score (nSPS) is 18.1. The summed E-state index contributed by atoms with van der Waals surface area (Å²) in [4.78, 5) is 6.20. The minimum Gasteiger partial charge on any atom is -0.369 e. The van der Waals surface area contributed by atoms with Gasteiger partial charge in [-0.3, -0.25) is 9.67 Å². The van der Waals surface area contributed by atoms with Crippen LogP contribution in [0.25, 0.3) is 0 Å². The molecule has 0 amide bonds. The van der Waals surface area contributed by atoms with E-state index in [1.165, 1.54) is 25.4 Å². The number of rotatable bonds is 4. The average molecular weight is 412 g/mol. The minimum absolute atomic E-state index is 0.0363. The molecule has 0 radical (unpaired) electrons. The number of benzene rings is 1. The first-order chi connectivity index (χ1) is 13.8. The molecule has 1 fully saturated rings. The molecule has 0 bridgehead atoms. The van der Waals surface area contributed by atoms with Crippen molar-refractivity contribution in [1.82, 2.24) is 20.4 Å². The van der Waals surface area contributed by atoms with E-state index in [4.69, 9.17) is 0 Å². The van der Waals surface area contributed by atoms with E-state index < -0.39 is 11.9 Å². The van der Waals surface area contributed by atoms with Gasteiger partial charge in [-0.1, -0.05) is 6.07 Å². The van der Waals surface area contributed by atoms with Crippen molar-refractivity contribution >= 4 is 11.6 Å². The number of nitrogens with one attached hydrogen (secondary N) is 2. The van der Waals surface area contributed by atoms with Crippen molar-refractivity contribution in [3.63, 3.8) is 0 Å². The molecule has 1 aliphatic heterocycles. The maximum Gasteiger partial charge on any atom is 0.435 e. The van der Waals surface area contributed by atoms with E-state index in [1.54, 1.807) is 13.1 Å². The molecule has 2 N–H and O–H groups in total. The van der Waals surface area contributed by atoms with Gasteiger partial charge in [0.1, 0.15) is 5.82 Å². The standard InChI is InChI=1S/C19H24F4N6/c1-24-18(25-10-13-11-28(2)27-17(13)19(21,22)23)26-15-6-4-8-29(12-15)16-7-3-5-14(20)9-16/h3,5,7,9,11,15H,4,6,8,10,12H2,1-2H3,(H2,24,25,26). The van der Waals surface area contributed by atoms with Crippen LogP contribution in [0.5, 0.6) is 0 Å². The number of nitrogens with zero attached hydrogens (tertiary/aromatic N) is 4. The molecule has 0 aliphatic carbocycles. The Balaban J connectivity index is 1.60. The molecule has 1 saturated heterocycles. The summed E-state index contributed by atoms with van der Waals surface area (Å²) in [6, 6.07) is 6.47. The molecule has 3 rings (SSSR count). The molecule has 29 heavy (non-hydrogen) atoms. The average Bonchev–Trinajstić information content (AvgIpc) is 3.06. The maximum absolute atomic E-state index is 13.5. The van der Waals surface area contributed by atoms with Crippen molar-refractivity contribution < 1.29 is 17.6 Å². The summed E-state index contributed by atoms with van der Waals surface area (Å²) in [5, 5.41) is 9.69. The van der Waals surface area contributed by atoms with E-state index in [-0.39, 0.29) is 24.0 Å². The number of guanidine groups is 1. The number of hydrogen-bond acceptors (Lipinski definition) is 3. The van der Waals surface area contributed by atoms with Gasteiger partial charge in [0.05, 0.1) is 0 Å². The van der Waals surface area contributed by atoms with Crippen molar-refractivity contribution in [3.8, 4) is 0 Å². The third kappa shape index (κ3) is 5.39. The molecule has 1 aromatic carbocycles. The van der Waals surface area contributed by atoms with Crippen LogP contribution in [-0.2, 0) is 19.8 Å². The van der Waals surface area contributed by atoms with Gasteiger partial charge >= 0.3 is 6.18 Å². The second-order valence-electron chi connectivity index (χ2n) is 7.01. The monoisotopic (exact) mass is 412 g/mol. The quantitative estimate of drug-likeness (QED) is 0.461. The first-order valence-corrected chi connectivity index (χ1v) is 9.33. The number of halogens is 4. The van der Waals surface area contributed by atoms with Crippen LogP contribution < -0.4 is 15.5 Å². The fourth-order valence-electron chi connectivity index (χ4n) is 3.47. The van der Waals surface area contributed by atoms with Gasteiger partial charge in [-0.15, -0.1) is 0 Å². The SMILES string of the molecule is CN=C(NCc1cn(C)nc1C(F)(F)F)NC1CCCN(c2cccc(F)c2)C1. The van der Waals surface area contributed by atoms with Crippen LogP contribution in [0.15, 0.2) is 35.5 Å². The number of alkyl halides is 3. The van der Waals surface area contributed by atoms with Crippen molar-refractivity contribution in [2.24, 2.45) is 12.0 Å². The van der Waals surface area contributed by atoms with Crippen molar-refractivity contribution in [2.75, 3.05) is 25.0 Å². The number of aryl methyl sites for hydroxylation is 1. The summed E-state index contributed by atoms with van der Waals surface area (Å²) in [6.45, 7) is 1.41. The molecule has 1 atom stereocenters. The van der Waals surface area contributed by atoms with Gasteiger partial charge in [0.25, 0.3) is 0 Å². The van der Waals surface area contributed by atoms with Gasteiger partial charge in [-0.05, 0) is 31.0 Å². The summed E-state index contributed by atoms with van der Waals surface area (Å²) >= 11 is 0. The van der Waals surface area contributed by atoms with Crippen LogP contribution in [0, 0.1) is 5.82 Å². The van der Waals surface area contributed by atoms with E-state index in [1.807, 2.05) is 6.07 Å². The van der Waals surface area contributed by atoms with Crippen LogP contribution in [0.1, 0.15) is 24.1 Å². The topological polar surface area (TPSA) is 57.5 Å². The Kier molecular flexibility index (Phi) is 6.29. The summed E-state index contributed by atoms with van der Waals surface area (Å²) in [6.07, 6.45) is -1.38. The van der Waals surface area contributed by atoms with Crippen molar-refractivity contribution in [1.29, 1.82) is 0 Å². The van der Waals surface area contributed by atoms with Gasteiger partial charge < -0.3 is 15.5 Å². The third-order valence-electron chi connectivity index (χ3n) is 4.78. The Morgan fingerprint density at radius 2 is 2.14 bits per heavy atom. The summed E-state index contributed by atoms with van der Waals surface area (Å²) in [7, 11) is 3.02. The molecule has 1 aliphatic rings. The lowest BCUT2D eigenvalue weighted by Crippen LogP contribution is -2.51. The van der Waals surface area contributed by atoms with Crippen LogP contribution in [0.4, 0.5) is 23.2 Å². The zero-order chi connectivity index (χ0) is 21.0. The first kappa shape index (κ1) is 20.9. The number of aromatic nitrogens is 2. The van der Waals surface area contributed by atoms with Crippen molar-refractivity contribution in [3.05, 3.63) is 47.5 Å². The molecule has 6 nitrogen and oxygen atoms in total. The van der Waals surface area contributed by atoms with Gasteiger partial charge in [0.2, 0.25) is 0 Å². The number of piperidine rings is 1. The molecule has 10 heteroatoms. The summed E-state index contributed by atoms with van der Waals surface area (Å²) < 4.78 is 53.9. The van der Waals surface area contributed by atoms with Gasteiger partial charge in [0, 0.05) is 57.2 Å². The van der Waals surface area contributed by atoms with Crippen LogP contribution >= 0.6 is 0 Å². The van der Waals surface area contributed by atoms with E-state index in [0.29, 0.717) is 12.5 Å². The molecule has 158 valence electrons. The molecule has 2 aromatic rings. The summed E-state index contributed by atoms with van der Waals surface area (Å²) in [5.41, 5.74) is -0.0458. The Labute approximate surface area is 166 Å². The Bertz CT molecular complexity index is 861. The van der Waals surface area contributed by atoms with Crippen LogP contribution in [0.2, 0.25) is 0 Å². The smallest absolute Gasteiger partial charge is 0.369 e. The highest BCUT2D eigenvalue weighted by Crippen LogP contribution is 2.30. The highest BCUT2D eigenvalue weighted by atomic mass is 19.4. The zero-order valence-electron chi connectivity index (χ0n) is 16.3. The number of hydrogen-bond donors (Lipinski definition) is 2. The largest absolute Gasteiger partial charge is 0.435 e. The Morgan fingerprint density at radius 1 is 1.34 bits per heavy atom. The predicted molar refractivity (Wildman–Crippen MR) is 103 cm³/mol. The molecular formula is C19H24F4N6. The van der Waals surface area contributed by atoms with E-state index >= 15 is 0 Å². The van der Waals surface area contributed by atoms with Crippen LogP contribution in [0.3, 0.4) is 0 Å². The fourth-order valence-corrected chi connectivity index (χ4v) is 3.47. The lowest BCUT2D eigenvalue weighted by molar-refractivity contribution is -0.142. The summed E-state index contributed by atoms with van der Waals surface area (Å²) in [5.74, 6) is 0.125. The maximum atomic E-state index is 13.5. The van der Waals surface area contributed by atoms with Gasteiger partial charge in [-0.2, -0.15) is 18.3 Å². The van der Waals surface area contributed by atoms with E-state index in [9.17, 15) is 17.6 Å². The lowest BCUT2D eigenvalue weighted by atomic mass is 10.0. The molecule has 1 unspecified atom stereocenters. The molecular weight excluding hydrogens is 388 g/mol. The second-order valence-corrected chi connectivity index (χ2v) is 7.01. The lowest BCUT2D eigenvalue weighted by Gasteiger charge is -2.35. The molecule has 1 aromatic heterocycles. The highest BCUT2D eigenvalue weighted by molar-refractivity contribution is 5.80. The zero-order valence-corrected chi connectivity index (χ0v) is 16.3. The third-order valence-corrected chi connectivity index (χ3v) is 4.78. The van der Waals surface area contributed by atoms with Crippen LogP contribution in [-0.4, -0.2) is 41.9 Å². The molecule has 2 heterocycles. The number of aliphatic imine (C=N–C) groups is 1. The predicted octanol–water partition coefficient (Wildman–Crippen LogP) is 2.91. The first-order valence-electron chi connectivity index (χ1n) is 9.33. The van der Waals surface area contributed by atoms with E-state index in [0.717, 1.165) is 29.8 Å². The second kappa shape index (κ2) is 8.71. The molecule has 0 saturated carbocycles. The Hall–Kier alpha value is -2.78.